The van der Waals surface area contributed by atoms with Gasteiger partial charge in [0.2, 0.25) is 5.88 Å². The molecule has 2 aromatic rings. The summed E-state index contributed by atoms with van der Waals surface area (Å²) >= 11 is 0. The summed E-state index contributed by atoms with van der Waals surface area (Å²) in [4.78, 5) is 4.26. The van der Waals surface area contributed by atoms with E-state index in [0.29, 0.717) is 18.2 Å². The third-order valence-electron chi connectivity index (χ3n) is 2.81. The van der Waals surface area contributed by atoms with Gasteiger partial charge in [-0.25, -0.2) is 4.98 Å². The summed E-state index contributed by atoms with van der Waals surface area (Å²) in [5, 5.41) is 0. The van der Waals surface area contributed by atoms with E-state index in [1.165, 1.54) is 0 Å². The average Bonchev–Trinajstić information content (AvgIpc) is 2.47. The summed E-state index contributed by atoms with van der Waals surface area (Å²) in [5.74, 6) is 1.93. The van der Waals surface area contributed by atoms with E-state index >= 15 is 0 Å². The molecule has 2 rings (SSSR count). The molecule has 0 radical (unpaired) electrons. The van der Waals surface area contributed by atoms with Gasteiger partial charge < -0.3 is 15.2 Å². The Kier molecular flexibility index (Phi) is 4.96. The van der Waals surface area contributed by atoms with Crippen LogP contribution in [-0.2, 0) is 0 Å². The average molecular weight is 272 g/mol. The van der Waals surface area contributed by atoms with Gasteiger partial charge in [0.1, 0.15) is 0 Å². The van der Waals surface area contributed by atoms with Crippen LogP contribution in [0.2, 0.25) is 0 Å². The Hall–Kier alpha value is -2.07. The molecular formula is C16H20N2O2. The number of hydrogen-bond acceptors (Lipinski definition) is 4. The largest absolute Gasteiger partial charge is 0.490 e. The van der Waals surface area contributed by atoms with Crippen LogP contribution in [0.4, 0.5) is 0 Å². The zero-order valence-electron chi connectivity index (χ0n) is 11.9. The van der Waals surface area contributed by atoms with Crippen molar-refractivity contribution in [3.63, 3.8) is 0 Å². The van der Waals surface area contributed by atoms with E-state index in [9.17, 15) is 0 Å². The number of nitrogens with two attached hydrogens (primary N) is 1. The molecule has 4 heteroatoms. The van der Waals surface area contributed by atoms with E-state index in [1.807, 2.05) is 43.3 Å². The Labute approximate surface area is 119 Å². The minimum absolute atomic E-state index is 0.0308. The van der Waals surface area contributed by atoms with Crippen LogP contribution < -0.4 is 15.2 Å². The Morgan fingerprint density at radius 3 is 2.50 bits per heavy atom. The molecule has 1 aromatic carbocycles. The van der Waals surface area contributed by atoms with Crippen LogP contribution in [-0.4, -0.2) is 11.6 Å². The fourth-order valence-corrected chi connectivity index (χ4v) is 1.70. The van der Waals surface area contributed by atoms with Crippen LogP contribution in [0, 0.1) is 0 Å². The van der Waals surface area contributed by atoms with Gasteiger partial charge >= 0.3 is 0 Å². The number of para-hydroxylation sites is 2. The summed E-state index contributed by atoms with van der Waals surface area (Å²) in [6.07, 6.45) is 2.69. The van der Waals surface area contributed by atoms with Crippen LogP contribution in [0.5, 0.6) is 17.4 Å². The number of pyridine rings is 1. The lowest BCUT2D eigenvalue weighted by molar-refractivity contribution is 0.301. The quantitative estimate of drug-likeness (QED) is 0.871. The molecule has 106 valence electrons. The molecule has 0 amide bonds. The molecule has 0 unspecified atom stereocenters. The van der Waals surface area contributed by atoms with Gasteiger partial charge in [-0.15, -0.1) is 0 Å². The molecule has 0 fully saturated rings. The highest BCUT2D eigenvalue weighted by molar-refractivity contribution is 5.41. The molecule has 0 aliphatic carbocycles. The van der Waals surface area contributed by atoms with Crippen molar-refractivity contribution >= 4 is 0 Å². The second-order valence-corrected chi connectivity index (χ2v) is 4.62. The number of hydrogen-bond donors (Lipinski definition) is 1. The van der Waals surface area contributed by atoms with E-state index in [0.717, 1.165) is 17.7 Å². The van der Waals surface area contributed by atoms with Gasteiger partial charge in [0.05, 0.1) is 6.61 Å². The van der Waals surface area contributed by atoms with Gasteiger partial charge in [-0.1, -0.05) is 25.1 Å². The third kappa shape index (κ3) is 3.71. The number of rotatable bonds is 6. The first-order valence-corrected chi connectivity index (χ1v) is 6.82. The van der Waals surface area contributed by atoms with E-state index in [2.05, 4.69) is 11.9 Å². The molecule has 1 atom stereocenters. The molecular weight excluding hydrogens is 252 g/mol. The molecule has 0 bridgehead atoms. The standard InChI is InChI=1S/C16H20N2O2/c1-3-10-19-14-6-4-5-7-15(14)20-16-9-8-13(11-18-16)12(2)17/h4-9,11-12H,3,10,17H2,1-2H3/t12-/m0/s1. The van der Waals surface area contributed by atoms with E-state index in [1.54, 1.807) is 6.20 Å². The molecule has 0 saturated carbocycles. The highest BCUT2D eigenvalue weighted by atomic mass is 16.5. The molecule has 4 nitrogen and oxygen atoms in total. The minimum Gasteiger partial charge on any atom is -0.490 e. The van der Waals surface area contributed by atoms with Crippen molar-refractivity contribution in [3.8, 4) is 17.4 Å². The smallest absolute Gasteiger partial charge is 0.219 e. The molecule has 2 N–H and O–H groups in total. The fraction of sp³-hybridized carbons (Fsp3) is 0.312. The molecule has 0 saturated heterocycles. The molecule has 0 aliphatic rings. The lowest BCUT2D eigenvalue weighted by Crippen LogP contribution is -2.05. The minimum atomic E-state index is -0.0308. The van der Waals surface area contributed by atoms with Crippen LogP contribution >= 0.6 is 0 Å². The summed E-state index contributed by atoms with van der Waals surface area (Å²) < 4.78 is 11.4. The molecule has 0 aliphatic heterocycles. The van der Waals surface area contributed by atoms with Gasteiger partial charge in [-0.3, -0.25) is 0 Å². The predicted molar refractivity (Wildman–Crippen MR) is 79.1 cm³/mol. The van der Waals surface area contributed by atoms with E-state index in [4.69, 9.17) is 15.2 Å². The first-order chi connectivity index (χ1) is 9.70. The van der Waals surface area contributed by atoms with Gasteiger partial charge in [0.15, 0.2) is 11.5 Å². The van der Waals surface area contributed by atoms with Crippen molar-refractivity contribution in [2.75, 3.05) is 6.61 Å². The highest BCUT2D eigenvalue weighted by Crippen LogP contribution is 2.30. The summed E-state index contributed by atoms with van der Waals surface area (Å²) in [6.45, 7) is 4.65. The van der Waals surface area contributed by atoms with E-state index < -0.39 is 0 Å². The molecule has 1 heterocycles. The van der Waals surface area contributed by atoms with Crippen molar-refractivity contribution in [2.24, 2.45) is 5.73 Å². The Balaban J connectivity index is 2.13. The Morgan fingerprint density at radius 1 is 1.15 bits per heavy atom. The van der Waals surface area contributed by atoms with Crippen molar-refractivity contribution in [1.29, 1.82) is 0 Å². The first kappa shape index (κ1) is 14.3. The maximum absolute atomic E-state index is 5.79. The number of aromatic nitrogens is 1. The second kappa shape index (κ2) is 6.91. The van der Waals surface area contributed by atoms with Crippen LogP contribution in [0.15, 0.2) is 42.6 Å². The maximum atomic E-state index is 5.79. The highest BCUT2D eigenvalue weighted by Gasteiger charge is 2.07. The summed E-state index contributed by atoms with van der Waals surface area (Å²) in [5.41, 5.74) is 6.77. The van der Waals surface area contributed by atoms with Crippen molar-refractivity contribution < 1.29 is 9.47 Å². The van der Waals surface area contributed by atoms with Crippen LogP contribution in [0.1, 0.15) is 31.9 Å². The molecule has 20 heavy (non-hydrogen) atoms. The van der Waals surface area contributed by atoms with Gasteiger partial charge in [-0.2, -0.15) is 0 Å². The monoisotopic (exact) mass is 272 g/mol. The normalized spacial score (nSPS) is 11.9. The Morgan fingerprint density at radius 2 is 1.90 bits per heavy atom. The third-order valence-corrected chi connectivity index (χ3v) is 2.81. The zero-order valence-corrected chi connectivity index (χ0v) is 11.9. The molecule has 1 aromatic heterocycles. The molecule has 0 spiro atoms. The van der Waals surface area contributed by atoms with Gasteiger partial charge in [-0.05, 0) is 31.0 Å². The van der Waals surface area contributed by atoms with Crippen LogP contribution in [0.25, 0.3) is 0 Å². The predicted octanol–water partition coefficient (Wildman–Crippen LogP) is 3.68. The van der Waals surface area contributed by atoms with Gasteiger partial charge in [0.25, 0.3) is 0 Å². The van der Waals surface area contributed by atoms with Crippen molar-refractivity contribution in [3.05, 3.63) is 48.2 Å². The van der Waals surface area contributed by atoms with Gasteiger partial charge in [0, 0.05) is 18.3 Å². The zero-order chi connectivity index (χ0) is 14.4. The fourth-order valence-electron chi connectivity index (χ4n) is 1.70. The SMILES string of the molecule is CCCOc1ccccc1Oc1ccc([C@H](C)N)cn1. The summed E-state index contributed by atoms with van der Waals surface area (Å²) in [6, 6.07) is 11.3. The second-order valence-electron chi connectivity index (χ2n) is 4.62. The lowest BCUT2D eigenvalue weighted by Gasteiger charge is -2.12. The van der Waals surface area contributed by atoms with Crippen molar-refractivity contribution in [2.45, 2.75) is 26.3 Å². The van der Waals surface area contributed by atoms with Crippen molar-refractivity contribution in [1.82, 2.24) is 4.98 Å². The summed E-state index contributed by atoms with van der Waals surface area (Å²) in [7, 11) is 0. The maximum Gasteiger partial charge on any atom is 0.219 e. The number of benzene rings is 1. The van der Waals surface area contributed by atoms with Crippen LogP contribution in [0.3, 0.4) is 0 Å². The number of nitrogens with zero attached hydrogens (tertiary/aromatic N) is 1. The lowest BCUT2D eigenvalue weighted by atomic mass is 10.2. The Bertz CT molecular complexity index is 538. The van der Waals surface area contributed by atoms with E-state index in [-0.39, 0.29) is 6.04 Å². The topological polar surface area (TPSA) is 57.4 Å². The number of ether oxygens (including phenoxy) is 2. The first-order valence-electron chi connectivity index (χ1n) is 6.82.